The van der Waals surface area contributed by atoms with Gasteiger partial charge in [0.15, 0.2) is 5.60 Å². The van der Waals surface area contributed by atoms with Crippen molar-refractivity contribution < 1.29 is 32.5 Å². The first-order valence-corrected chi connectivity index (χ1v) is 10.4. The van der Waals surface area contributed by atoms with Gasteiger partial charge in [0.2, 0.25) is 0 Å². The zero-order valence-electron chi connectivity index (χ0n) is 18.5. The minimum Gasteiger partial charge on any atom is -0.493 e. The number of azo groups is 1. The van der Waals surface area contributed by atoms with Crippen molar-refractivity contribution in [2.24, 2.45) is 10.2 Å². The van der Waals surface area contributed by atoms with Crippen LogP contribution in [0.15, 0.2) is 83.0 Å². The second-order valence-corrected chi connectivity index (χ2v) is 7.90. The third-order valence-corrected chi connectivity index (χ3v) is 4.78. The van der Waals surface area contributed by atoms with Gasteiger partial charge in [-0.15, -0.1) is 0 Å². The van der Waals surface area contributed by atoms with Gasteiger partial charge in [0, 0.05) is 6.42 Å². The highest BCUT2D eigenvalue weighted by Crippen LogP contribution is 2.30. The standard InChI is InChI=1S/C25H23F3N2O4/c1-24(2,23(31)32)34-22-13-11-21(12-14-22)33-16-15-17-3-7-19(8-4-17)29-30-20-9-5-18(6-10-20)25(26,27)28/h3-14H,15-16H2,1-2H3,(H,31,32). The Hall–Kier alpha value is -3.88. The Morgan fingerprint density at radius 1 is 0.824 bits per heavy atom. The molecule has 0 saturated heterocycles. The Bertz CT molecular complexity index is 1120. The SMILES string of the molecule is CC(C)(Oc1ccc(OCCc2ccc(N=Nc3ccc(C(F)(F)F)cc3)cc2)cc1)C(=O)O. The lowest BCUT2D eigenvalue weighted by Gasteiger charge is -2.21. The van der Waals surface area contributed by atoms with Crippen molar-refractivity contribution >= 4 is 17.3 Å². The Balaban J connectivity index is 1.48. The molecule has 0 radical (unpaired) electrons. The first-order chi connectivity index (χ1) is 16.0. The number of halogens is 3. The van der Waals surface area contributed by atoms with Crippen LogP contribution in [0.25, 0.3) is 0 Å². The van der Waals surface area contributed by atoms with Gasteiger partial charge in [0.25, 0.3) is 0 Å². The number of carboxylic acid groups (broad SMARTS) is 1. The van der Waals surface area contributed by atoms with Gasteiger partial charge < -0.3 is 14.6 Å². The number of aliphatic carboxylic acids is 1. The van der Waals surface area contributed by atoms with E-state index in [1.807, 2.05) is 12.1 Å². The molecule has 0 atom stereocenters. The molecule has 0 saturated carbocycles. The van der Waals surface area contributed by atoms with Crippen LogP contribution < -0.4 is 9.47 Å². The van der Waals surface area contributed by atoms with Crippen LogP contribution in [0.1, 0.15) is 25.0 Å². The normalized spacial score (nSPS) is 12.0. The van der Waals surface area contributed by atoms with Crippen molar-refractivity contribution in [1.82, 2.24) is 0 Å². The molecule has 0 unspecified atom stereocenters. The van der Waals surface area contributed by atoms with Gasteiger partial charge in [-0.2, -0.15) is 23.4 Å². The zero-order valence-corrected chi connectivity index (χ0v) is 18.5. The number of carbonyl (C=O) groups is 1. The topological polar surface area (TPSA) is 80.5 Å². The minimum absolute atomic E-state index is 0.327. The summed E-state index contributed by atoms with van der Waals surface area (Å²) < 4.78 is 49.0. The van der Waals surface area contributed by atoms with Crippen LogP contribution in [-0.4, -0.2) is 23.3 Å². The van der Waals surface area contributed by atoms with Crippen molar-refractivity contribution in [2.75, 3.05) is 6.61 Å². The summed E-state index contributed by atoms with van der Waals surface area (Å²) in [4.78, 5) is 11.1. The van der Waals surface area contributed by atoms with Gasteiger partial charge in [-0.05, 0) is 80.1 Å². The molecule has 3 aromatic carbocycles. The number of hydrogen-bond donors (Lipinski definition) is 1. The molecular weight excluding hydrogens is 449 g/mol. The number of alkyl halides is 3. The molecule has 3 aromatic rings. The number of carboxylic acids is 1. The molecule has 0 amide bonds. The molecule has 9 heteroatoms. The third kappa shape index (κ3) is 7.06. The van der Waals surface area contributed by atoms with Crippen molar-refractivity contribution in [1.29, 1.82) is 0 Å². The lowest BCUT2D eigenvalue weighted by Crippen LogP contribution is -2.37. The van der Waals surface area contributed by atoms with Gasteiger partial charge in [-0.3, -0.25) is 0 Å². The Kier molecular flexibility index (Phi) is 7.55. The van der Waals surface area contributed by atoms with Crippen molar-refractivity contribution in [2.45, 2.75) is 32.0 Å². The first kappa shape index (κ1) is 24.8. The van der Waals surface area contributed by atoms with Crippen LogP contribution in [0.3, 0.4) is 0 Å². The van der Waals surface area contributed by atoms with E-state index >= 15 is 0 Å². The average molecular weight is 472 g/mol. The maximum absolute atomic E-state index is 12.6. The lowest BCUT2D eigenvalue weighted by molar-refractivity contribution is -0.152. The van der Waals surface area contributed by atoms with Crippen LogP contribution in [0.4, 0.5) is 24.5 Å². The number of rotatable bonds is 9. The van der Waals surface area contributed by atoms with Gasteiger partial charge >= 0.3 is 12.1 Å². The molecule has 178 valence electrons. The fourth-order valence-corrected chi connectivity index (χ4v) is 2.79. The summed E-state index contributed by atoms with van der Waals surface area (Å²) in [6.07, 6.45) is -3.74. The highest BCUT2D eigenvalue weighted by Gasteiger charge is 2.30. The first-order valence-electron chi connectivity index (χ1n) is 10.4. The predicted octanol–water partition coefficient (Wildman–Crippen LogP) is 6.98. The van der Waals surface area contributed by atoms with E-state index in [1.165, 1.54) is 26.0 Å². The van der Waals surface area contributed by atoms with E-state index in [0.717, 1.165) is 17.7 Å². The molecular formula is C25H23F3N2O4. The lowest BCUT2D eigenvalue weighted by atomic mass is 10.1. The highest BCUT2D eigenvalue weighted by molar-refractivity contribution is 5.76. The summed E-state index contributed by atoms with van der Waals surface area (Å²) in [7, 11) is 0. The van der Waals surface area contributed by atoms with Gasteiger partial charge in [-0.25, -0.2) is 4.79 Å². The summed E-state index contributed by atoms with van der Waals surface area (Å²) in [5, 5.41) is 17.1. The van der Waals surface area contributed by atoms with Gasteiger partial charge in [-0.1, -0.05) is 12.1 Å². The molecule has 6 nitrogen and oxygen atoms in total. The van der Waals surface area contributed by atoms with Crippen LogP contribution in [-0.2, 0) is 17.4 Å². The molecule has 0 aliphatic heterocycles. The summed E-state index contributed by atoms with van der Waals surface area (Å²) in [6, 6.07) is 18.4. The average Bonchev–Trinajstić information content (AvgIpc) is 2.79. The molecule has 0 spiro atoms. The maximum Gasteiger partial charge on any atom is 0.416 e. The van der Waals surface area contributed by atoms with E-state index in [1.54, 1.807) is 36.4 Å². The number of benzene rings is 3. The molecule has 1 N–H and O–H groups in total. The number of nitrogens with zero attached hydrogens (tertiary/aromatic N) is 2. The summed E-state index contributed by atoms with van der Waals surface area (Å²) in [5.41, 5.74) is -0.148. The summed E-state index contributed by atoms with van der Waals surface area (Å²) >= 11 is 0. The summed E-state index contributed by atoms with van der Waals surface area (Å²) in [6.45, 7) is 3.37. The van der Waals surface area contributed by atoms with E-state index in [0.29, 0.717) is 35.9 Å². The largest absolute Gasteiger partial charge is 0.493 e. The van der Waals surface area contributed by atoms with Crippen molar-refractivity contribution in [3.8, 4) is 11.5 Å². The van der Waals surface area contributed by atoms with Crippen LogP contribution in [0.2, 0.25) is 0 Å². The van der Waals surface area contributed by atoms with E-state index in [2.05, 4.69) is 10.2 Å². The number of ether oxygens (including phenoxy) is 2. The smallest absolute Gasteiger partial charge is 0.416 e. The molecule has 0 aromatic heterocycles. The van der Waals surface area contributed by atoms with Crippen LogP contribution in [0.5, 0.6) is 11.5 Å². The van der Waals surface area contributed by atoms with E-state index in [-0.39, 0.29) is 0 Å². The number of hydrogen-bond acceptors (Lipinski definition) is 5. The molecule has 0 bridgehead atoms. The van der Waals surface area contributed by atoms with Crippen molar-refractivity contribution in [3.05, 3.63) is 83.9 Å². The highest BCUT2D eigenvalue weighted by atomic mass is 19.4. The van der Waals surface area contributed by atoms with E-state index in [9.17, 15) is 18.0 Å². The molecule has 0 heterocycles. The second-order valence-electron chi connectivity index (χ2n) is 7.90. The summed E-state index contributed by atoms with van der Waals surface area (Å²) in [5.74, 6) is 0.00291. The fourth-order valence-electron chi connectivity index (χ4n) is 2.79. The van der Waals surface area contributed by atoms with Crippen LogP contribution in [0, 0.1) is 0 Å². The Morgan fingerprint density at radius 2 is 1.32 bits per heavy atom. The molecule has 3 rings (SSSR count). The maximum atomic E-state index is 12.6. The van der Waals surface area contributed by atoms with E-state index < -0.39 is 23.3 Å². The van der Waals surface area contributed by atoms with Crippen LogP contribution >= 0.6 is 0 Å². The second kappa shape index (κ2) is 10.4. The molecule has 0 aliphatic carbocycles. The minimum atomic E-state index is -4.38. The molecule has 0 aliphatic rings. The quantitative estimate of drug-likeness (QED) is 0.341. The fraction of sp³-hybridized carbons (Fsp3) is 0.240. The van der Waals surface area contributed by atoms with Gasteiger partial charge in [0.1, 0.15) is 11.5 Å². The van der Waals surface area contributed by atoms with Crippen molar-refractivity contribution in [3.63, 3.8) is 0 Å². The zero-order chi connectivity index (χ0) is 24.8. The van der Waals surface area contributed by atoms with Gasteiger partial charge in [0.05, 0.1) is 23.5 Å². The third-order valence-electron chi connectivity index (χ3n) is 4.78. The predicted molar refractivity (Wildman–Crippen MR) is 120 cm³/mol. The monoisotopic (exact) mass is 472 g/mol. The molecule has 0 fully saturated rings. The van der Waals surface area contributed by atoms with E-state index in [4.69, 9.17) is 14.6 Å². The molecule has 34 heavy (non-hydrogen) atoms. The Labute approximate surface area is 194 Å². The Morgan fingerprint density at radius 3 is 1.82 bits per heavy atom.